The van der Waals surface area contributed by atoms with Gasteiger partial charge in [0, 0.05) is 41.7 Å². The quantitative estimate of drug-likeness (QED) is 0.115. The second kappa shape index (κ2) is 16.9. The summed E-state index contributed by atoms with van der Waals surface area (Å²) < 4.78 is 6.16. The van der Waals surface area contributed by atoms with Crippen molar-refractivity contribution in [1.82, 2.24) is 0 Å². The van der Waals surface area contributed by atoms with Crippen molar-refractivity contribution in [2.75, 3.05) is 24.7 Å². The monoisotopic (exact) mass is 648 g/mol. The second-order valence-corrected chi connectivity index (χ2v) is 14.5. The molecule has 0 saturated carbocycles. The Balaban J connectivity index is 0.00000722. The molecule has 0 heterocycles. The van der Waals surface area contributed by atoms with Gasteiger partial charge in [-0.05, 0) is 68.9 Å². The maximum Gasteiger partial charge on any atom is 0.0560 e. The molecule has 2 aromatic rings. The molecule has 0 unspecified atom stereocenters. The van der Waals surface area contributed by atoms with E-state index >= 15 is 0 Å². The molecule has 38 heavy (non-hydrogen) atoms. The average Bonchev–Trinajstić information content (AvgIpc) is 2.81. The molecule has 1 nitrogen and oxygen atoms in total. The Morgan fingerprint density at radius 3 is 0.947 bits per heavy atom. The van der Waals surface area contributed by atoms with Crippen LogP contribution >= 0.6 is 23.5 Å². The molecule has 218 valence electrons. The third-order valence-electron chi connectivity index (χ3n) is 7.11. The summed E-state index contributed by atoms with van der Waals surface area (Å²) in [7, 11) is 0. The van der Waals surface area contributed by atoms with Crippen molar-refractivity contribution in [3.63, 3.8) is 0 Å². The Hall–Kier alpha value is -0.238. The Kier molecular flexibility index (Phi) is 15.9. The largest absolute Gasteiger partial charge is 0.380 e. The van der Waals surface area contributed by atoms with Gasteiger partial charge in [-0.25, -0.2) is 0 Å². The van der Waals surface area contributed by atoms with Crippen LogP contribution in [-0.2, 0) is 25.2 Å². The molecule has 0 atom stereocenters. The minimum Gasteiger partial charge on any atom is -0.380 e. The molecule has 0 amide bonds. The third-order valence-corrected chi connectivity index (χ3v) is 9.37. The van der Waals surface area contributed by atoms with E-state index in [0.717, 1.165) is 24.7 Å². The molecular weight excluding hydrogens is 595 g/mol. The van der Waals surface area contributed by atoms with E-state index in [1.54, 1.807) is 0 Å². The van der Waals surface area contributed by atoms with Crippen LogP contribution in [0.25, 0.3) is 0 Å². The minimum absolute atomic E-state index is 0. The summed E-state index contributed by atoms with van der Waals surface area (Å²) in [6.07, 6.45) is 0. The first kappa shape index (κ1) is 35.8. The second-order valence-electron chi connectivity index (χ2n) is 12.3. The van der Waals surface area contributed by atoms with Gasteiger partial charge in [-0.15, -0.1) is 23.5 Å². The molecule has 0 aromatic heterocycles. The average molecular weight is 649 g/mol. The van der Waals surface area contributed by atoms with Crippen molar-refractivity contribution >= 4 is 23.5 Å². The van der Waals surface area contributed by atoms with Gasteiger partial charge in [0.05, 0.1) is 13.2 Å². The van der Waals surface area contributed by atoms with Gasteiger partial charge in [0.1, 0.15) is 0 Å². The van der Waals surface area contributed by atoms with Gasteiger partial charge < -0.3 is 4.74 Å². The van der Waals surface area contributed by atoms with Crippen LogP contribution in [0.3, 0.4) is 0 Å². The van der Waals surface area contributed by atoms with E-state index in [-0.39, 0.29) is 20.4 Å². The van der Waals surface area contributed by atoms with Crippen LogP contribution in [0.2, 0.25) is 0 Å². The van der Waals surface area contributed by atoms with Gasteiger partial charge in [0.2, 0.25) is 0 Å². The van der Waals surface area contributed by atoms with E-state index in [4.69, 9.17) is 4.74 Å². The van der Waals surface area contributed by atoms with Crippen molar-refractivity contribution in [1.29, 1.82) is 0 Å². The molecule has 2 aromatic carbocycles. The fourth-order valence-electron chi connectivity index (χ4n) is 4.62. The van der Waals surface area contributed by atoms with Crippen LogP contribution in [0, 0.1) is 0 Å². The number of thioether (sulfide) groups is 2. The van der Waals surface area contributed by atoms with Crippen molar-refractivity contribution in [2.45, 2.75) is 128 Å². The molecule has 0 radical (unpaired) electrons. The Morgan fingerprint density at radius 1 is 0.474 bits per heavy atom. The molecule has 0 aliphatic heterocycles. The van der Waals surface area contributed by atoms with Crippen LogP contribution in [-0.4, -0.2) is 24.7 Å². The molecule has 0 aliphatic carbocycles. The number of ether oxygens (including phenoxy) is 1. The van der Waals surface area contributed by atoms with Crippen LogP contribution < -0.4 is 0 Å². The third kappa shape index (κ3) is 9.99. The molecule has 0 aliphatic rings. The predicted octanol–water partition coefficient (Wildman–Crippen LogP) is 11.3. The first-order valence-corrected chi connectivity index (χ1v) is 16.5. The van der Waals surface area contributed by atoms with Crippen LogP contribution in [0.15, 0.2) is 34.1 Å². The zero-order valence-electron chi connectivity index (χ0n) is 26.1. The minimum atomic E-state index is 0. The Bertz CT molecular complexity index is 854. The van der Waals surface area contributed by atoms with Gasteiger partial charge in [0.15, 0.2) is 0 Å². The van der Waals surface area contributed by atoms with E-state index in [9.17, 15) is 0 Å². The molecule has 0 spiro atoms. The SMILES string of the molecule is CC(C)c1cc(C(C)C)c(SCCOCCSc2c(C(C)C)cc(C(C)C)cc2C(C)C)c(C(C)C)c1.[Pd]. The standard InChI is InChI=1S/C34H54OS2.Pd/c1-21(2)27-17-29(23(5)6)33(30(18-27)24(7)8)36-15-13-35-14-16-37-34-31(25(9)10)19-28(22(3)4)20-32(34)26(11)12;/h17-26H,13-16H2,1-12H3;. The van der Waals surface area contributed by atoms with Gasteiger partial charge >= 0.3 is 0 Å². The summed E-state index contributed by atoms with van der Waals surface area (Å²) in [6, 6.07) is 9.79. The molecule has 4 heteroatoms. The smallest absolute Gasteiger partial charge is 0.0560 e. The van der Waals surface area contributed by atoms with E-state index in [0.29, 0.717) is 35.5 Å². The Labute approximate surface area is 258 Å². The molecular formula is C34H54OPdS2. The molecule has 0 N–H and O–H groups in total. The van der Waals surface area contributed by atoms with E-state index < -0.39 is 0 Å². The van der Waals surface area contributed by atoms with Crippen molar-refractivity contribution in [3.05, 3.63) is 57.6 Å². The number of rotatable bonds is 14. The fraction of sp³-hybridized carbons (Fsp3) is 0.647. The van der Waals surface area contributed by atoms with Gasteiger partial charge in [-0.2, -0.15) is 0 Å². The summed E-state index contributed by atoms with van der Waals surface area (Å²) in [6.45, 7) is 29.4. The van der Waals surface area contributed by atoms with Crippen molar-refractivity contribution < 1.29 is 25.2 Å². The first-order chi connectivity index (χ1) is 17.3. The number of benzene rings is 2. The van der Waals surface area contributed by atoms with Gasteiger partial charge in [-0.1, -0.05) is 107 Å². The van der Waals surface area contributed by atoms with E-state index in [1.165, 1.54) is 43.2 Å². The maximum atomic E-state index is 6.16. The zero-order chi connectivity index (χ0) is 27.9. The normalized spacial score (nSPS) is 12.1. The van der Waals surface area contributed by atoms with Crippen molar-refractivity contribution in [2.24, 2.45) is 0 Å². The summed E-state index contributed by atoms with van der Waals surface area (Å²) in [5.74, 6) is 5.25. The number of hydrogen-bond acceptors (Lipinski definition) is 3. The molecule has 0 bridgehead atoms. The zero-order valence-corrected chi connectivity index (χ0v) is 29.3. The molecule has 2 rings (SSSR count). The van der Waals surface area contributed by atoms with E-state index in [1.807, 2.05) is 23.5 Å². The van der Waals surface area contributed by atoms with Crippen LogP contribution in [0.1, 0.15) is 152 Å². The Morgan fingerprint density at radius 2 is 0.737 bits per heavy atom. The topological polar surface area (TPSA) is 9.23 Å². The van der Waals surface area contributed by atoms with Crippen LogP contribution in [0.4, 0.5) is 0 Å². The fourth-order valence-corrected chi connectivity index (χ4v) is 7.28. The maximum absolute atomic E-state index is 6.16. The molecule has 0 fully saturated rings. The summed E-state index contributed by atoms with van der Waals surface area (Å²) >= 11 is 3.98. The van der Waals surface area contributed by atoms with Crippen LogP contribution in [0.5, 0.6) is 0 Å². The predicted molar refractivity (Wildman–Crippen MR) is 170 cm³/mol. The number of hydrogen-bond donors (Lipinski definition) is 0. The van der Waals surface area contributed by atoms with Gasteiger partial charge in [0.25, 0.3) is 0 Å². The first-order valence-electron chi connectivity index (χ1n) is 14.5. The summed E-state index contributed by atoms with van der Waals surface area (Å²) in [5, 5.41) is 0. The molecule has 0 saturated heterocycles. The van der Waals surface area contributed by atoms with Gasteiger partial charge in [-0.3, -0.25) is 0 Å². The van der Waals surface area contributed by atoms with Crippen molar-refractivity contribution in [3.8, 4) is 0 Å². The summed E-state index contributed by atoms with van der Waals surface area (Å²) in [5.41, 5.74) is 8.94. The van der Waals surface area contributed by atoms with E-state index in [2.05, 4.69) is 107 Å². The summed E-state index contributed by atoms with van der Waals surface area (Å²) in [4.78, 5) is 2.97.